The van der Waals surface area contributed by atoms with Crippen molar-refractivity contribution in [2.75, 3.05) is 0 Å². The highest BCUT2D eigenvalue weighted by Gasteiger charge is 2.03. The van der Waals surface area contributed by atoms with Gasteiger partial charge < -0.3 is 4.74 Å². The first-order valence-corrected chi connectivity index (χ1v) is 5.99. The molecule has 0 amide bonds. The van der Waals surface area contributed by atoms with Gasteiger partial charge in [-0.25, -0.2) is 0 Å². The summed E-state index contributed by atoms with van der Waals surface area (Å²) in [7, 11) is 0. The summed E-state index contributed by atoms with van der Waals surface area (Å²) in [4.78, 5) is 0. The quantitative estimate of drug-likeness (QED) is 0.723. The van der Waals surface area contributed by atoms with Gasteiger partial charge in [0.2, 0.25) is 0 Å². The first-order valence-electron chi connectivity index (χ1n) is 5.99. The summed E-state index contributed by atoms with van der Waals surface area (Å²) in [5, 5.41) is 0. The zero-order valence-electron chi connectivity index (χ0n) is 10.6. The second kappa shape index (κ2) is 6.30. The van der Waals surface area contributed by atoms with Gasteiger partial charge in [0.15, 0.2) is 6.71 Å². The van der Waals surface area contributed by atoms with Gasteiger partial charge in [-0.1, -0.05) is 50.8 Å². The molecule has 94 valence electrons. The van der Waals surface area contributed by atoms with Crippen LogP contribution in [0.1, 0.15) is 13.0 Å². The van der Waals surface area contributed by atoms with Gasteiger partial charge in [-0.15, -0.1) is 0 Å². The molecule has 0 spiro atoms. The van der Waals surface area contributed by atoms with E-state index in [9.17, 15) is 0 Å². The summed E-state index contributed by atoms with van der Waals surface area (Å²) >= 11 is 0. The Hall–Kier alpha value is -1.70. The molecule has 2 rings (SSSR count). The van der Waals surface area contributed by atoms with E-state index in [1.807, 2.05) is 30.3 Å². The molecule has 0 N–H and O–H groups in total. The van der Waals surface area contributed by atoms with Crippen molar-refractivity contribution in [3.8, 4) is 11.5 Å². The van der Waals surface area contributed by atoms with E-state index in [0.717, 1.165) is 11.5 Å². The second-order valence-corrected chi connectivity index (χ2v) is 4.64. The third kappa shape index (κ3) is 3.66. The molecular formula is C16H21BO. The highest BCUT2D eigenvalue weighted by Crippen LogP contribution is 2.21. The van der Waals surface area contributed by atoms with Crippen molar-refractivity contribution in [2.24, 2.45) is 0 Å². The highest BCUT2D eigenvalue weighted by molar-refractivity contribution is 6.70. The van der Waals surface area contributed by atoms with Gasteiger partial charge in [0.1, 0.15) is 11.5 Å². The number of benzene rings is 2. The Morgan fingerprint density at radius 1 is 0.889 bits per heavy atom. The summed E-state index contributed by atoms with van der Waals surface area (Å²) in [6.07, 6.45) is 0. The lowest BCUT2D eigenvalue weighted by Gasteiger charge is -2.08. The molecule has 2 aromatic rings. The molecule has 0 fully saturated rings. The molecule has 0 atom stereocenters. The Bertz CT molecular complexity index is 489. The molecule has 2 heteroatoms. The summed E-state index contributed by atoms with van der Waals surface area (Å²) in [5.74, 6) is 1.78. The van der Waals surface area contributed by atoms with Gasteiger partial charge in [-0.2, -0.15) is 0 Å². The van der Waals surface area contributed by atoms with Gasteiger partial charge in [0.05, 0.1) is 0 Å². The first-order chi connectivity index (χ1) is 8.15. The van der Waals surface area contributed by atoms with E-state index < -0.39 is 0 Å². The normalized spacial score (nSPS) is 9.50. The maximum atomic E-state index is 5.79. The Kier molecular flexibility index (Phi) is 5.02. The van der Waals surface area contributed by atoms with E-state index in [-0.39, 0.29) is 7.43 Å². The minimum Gasteiger partial charge on any atom is -0.457 e. The van der Waals surface area contributed by atoms with Crippen LogP contribution in [0.4, 0.5) is 0 Å². The van der Waals surface area contributed by atoms with E-state index in [1.54, 1.807) is 0 Å². The number of ether oxygens (including phenoxy) is 1. The van der Waals surface area contributed by atoms with Crippen LogP contribution in [0.25, 0.3) is 0 Å². The third-order valence-corrected chi connectivity index (χ3v) is 2.77. The van der Waals surface area contributed by atoms with Gasteiger partial charge in [-0.3, -0.25) is 0 Å². The van der Waals surface area contributed by atoms with Crippen LogP contribution in [-0.2, 0) is 0 Å². The zero-order valence-corrected chi connectivity index (χ0v) is 10.6. The molecule has 0 heterocycles. The molecule has 0 aliphatic heterocycles. The minimum absolute atomic E-state index is 0. The monoisotopic (exact) mass is 240 g/mol. The SMILES string of the molecule is C.CB(C)c1ccc(Oc2cccc(C)c2)cc1. The summed E-state index contributed by atoms with van der Waals surface area (Å²) in [6, 6.07) is 16.4. The molecule has 0 radical (unpaired) electrons. The highest BCUT2D eigenvalue weighted by atomic mass is 16.5. The van der Waals surface area contributed by atoms with Crippen molar-refractivity contribution in [3.05, 3.63) is 54.1 Å². The lowest BCUT2D eigenvalue weighted by Crippen LogP contribution is -2.21. The van der Waals surface area contributed by atoms with Gasteiger partial charge in [-0.05, 0) is 36.8 Å². The molecule has 0 saturated heterocycles. The number of hydrogen-bond donors (Lipinski definition) is 0. The standard InChI is InChI=1S/C15H17BO.CH4/c1-12-5-4-6-15(11-12)17-14-9-7-13(8-10-14)16(2)3;/h4-11H,1-3H3;1H4. The molecule has 2 aromatic carbocycles. The summed E-state index contributed by atoms with van der Waals surface area (Å²) in [6.45, 7) is 7.00. The first kappa shape index (κ1) is 14.4. The van der Waals surface area contributed by atoms with Crippen LogP contribution in [0.15, 0.2) is 48.5 Å². The van der Waals surface area contributed by atoms with Crippen LogP contribution in [0.5, 0.6) is 11.5 Å². The summed E-state index contributed by atoms with van der Waals surface area (Å²) < 4.78 is 5.79. The van der Waals surface area contributed by atoms with Crippen LogP contribution in [0.3, 0.4) is 0 Å². The lowest BCUT2D eigenvalue weighted by molar-refractivity contribution is 0.482. The number of hydrogen-bond acceptors (Lipinski definition) is 1. The summed E-state index contributed by atoms with van der Waals surface area (Å²) in [5.41, 5.74) is 2.54. The van der Waals surface area contributed by atoms with Crippen molar-refractivity contribution in [2.45, 2.75) is 28.0 Å². The fourth-order valence-corrected chi connectivity index (χ4v) is 1.74. The molecule has 0 bridgehead atoms. The van der Waals surface area contributed by atoms with E-state index in [4.69, 9.17) is 4.74 Å². The van der Waals surface area contributed by atoms with Crippen LogP contribution in [0.2, 0.25) is 13.6 Å². The van der Waals surface area contributed by atoms with Crippen molar-refractivity contribution in [3.63, 3.8) is 0 Å². The van der Waals surface area contributed by atoms with Crippen molar-refractivity contribution >= 4 is 12.2 Å². The third-order valence-electron chi connectivity index (χ3n) is 2.77. The van der Waals surface area contributed by atoms with Crippen LogP contribution in [0, 0.1) is 6.92 Å². The van der Waals surface area contributed by atoms with E-state index in [0.29, 0.717) is 6.71 Å². The van der Waals surface area contributed by atoms with Gasteiger partial charge >= 0.3 is 0 Å². The van der Waals surface area contributed by atoms with Crippen LogP contribution in [-0.4, -0.2) is 6.71 Å². The molecule has 1 nitrogen and oxygen atoms in total. The zero-order chi connectivity index (χ0) is 12.3. The predicted octanol–water partition coefficient (Wildman–Crippen LogP) is 4.38. The maximum absolute atomic E-state index is 5.79. The fourth-order valence-electron chi connectivity index (χ4n) is 1.74. The van der Waals surface area contributed by atoms with E-state index in [2.05, 4.69) is 38.8 Å². The Morgan fingerprint density at radius 3 is 2.11 bits per heavy atom. The number of aryl methyl sites for hydroxylation is 1. The van der Waals surface area contributed by atoms with Crippen LogP contribution >= 0.6 is 0 Å². The molecule has 0 aliphatic carbocycles. The average molecular weight is 240 g/mol. The Balaban J connectivity index is 0.00000162. The fraction of sp³-hybridized carbons (Fsp3) is 0.250. The molecule has 0 aliphatic rings. The smallest absolute Gasteiger partial charge is 0.169 e. The maximum Gasteiger partial charge on any atom is 0.169 e. The van der Waals surface area contributed by atoms with Crippen LogP contribution < -0.4 is 10.2 Å². The van der Waals surface area contributed by atoms with E-state index in [1.165, 1.54) is 11.0 Å². The van der Waals surface area contributed by atoms with Crippen molar-refractivity contribution in [1.82, 2.24) is 0 Å². The van der Waals surface area contributed by atoms with Gasteiger partial charge in [0, 0.05) is 0 Å². The minimum atomic E-state index is 0. The predicted molar refractivity (Wildman–Crippen MR) is 81.5 cm³/mol. The molecule has 0 saturated carbocycles. The topological polar surface area (TPSA) is 9.23 Å². The lowest BCUT2D eigenvalue weighted by atomic mass is 9.49. The molecular weight excluding hydrogens is 219 g/mol. The van der Waals surface area contributed by atoms with Crippen molar-refractivity contribution < 1.29 is 4.74 Å². The second-order valence-electron chi connectivity index (χ2n) is 4.64. The Morgan fingerprint density at radius 2 is 1.56 bits per heavy atom. The molecule has 18 heavy (non-hydrogen) atoms. The van der Waals surface area contributed by atoms with E-state index >= 15 is 0 Å². The van der Waals surface area contributed by atoms with Crippen molar-refractivity contribution in [1.29, 1.82) is 0 Å². The Labute approximate surface area is 111 Å². The molecule has 0 unspecified atom stereocenters. The molecule has 0 aromatic heterocycles. The average Bonchev–Trinajstić information content (AvgIpc) is 2.29. The van der Waals surface area contributed by atoms with Gasteiger partial charge in [0.25, 0.3) is 0 Å². The number of rotatable bonds is 3. The largest absolute Gasteiger partial charge is 0.457 e.